The van der Waals surface area contributed by atoms with Crippen molar-refractivity contribution in [1.82, 2.24) is 4.90 Å². The molecule has 74 valence electrons. The van der Waals surface area contributed by atoms with Crippen LogP contribution in [-0.4, -0.2) is 38.1 Å². The van der Waals surface area contributed by atoms with Crippen molar-refractivity contribution < 1.29 is 9.53 Å². The zero-order valence-electron chi connectivity index (χ0n) is 8.65. The van der Waals surface area contributed by atoms with Crippen LogP contribution >= 0.6 is 0 Å². The van der Waals surface area contributed by atoms with Crippen LogP contribution in [0.5, 0.6) is 0 Å². The SMILES string of the molecule is COC(=O)[C@H]1C=C[C@@H](C)[C@@H]1N(C)C. The van der Waals surface area contributed by atoms with Gasteiger partial charge >= 0.3 is 5.97 Å². The molecule has 0 N–H and O–H groups in total. The van der Waals surface area contributed by atoms with Gasteiger partial charge in [0.1, 0.15) is 0 Å². The summed E-state index contributed by atoms with van der Waals surface area (Å²) < 4.78 is 4.75. The van der Waals surface area contributed by atoms with Gasteiger partial charge < -0.3 is 9.64 Å². The van der Waals surface area contributed by atoms with E-state index in [1.165, 1.54) is 7.11 Å². The lowest BCUT2D eigenvalue weighted by Gasteiger charge is -2.28. The van der Waals surface area contributed by atoms with Crippen molar-refractivity contribution in [1.29, 1.82) is 0 Å². The molecule has 0 amide bonds. The summed E-state index contributed by atoms with van der Waals surface area (Å²) in [5.74, 6) is 0.174. The lowest BCUT2D eigenvalue weighted by atomic mass is 9.96. The van der Waals surface area contributed by atoms with Gasteiger partial charge in [0.2, 0.25) is 0 Å². The summed E-state index contributed by atoms with van der Waals surface area (Å²) in [6, 6.07) is 0.243. The van der Waals surface area contributed by atoms with E-state index in [1.54, 1.807) is 0 Å². The number of nitrogens with zero attached hydrogens (tertiary/aromatic N) is 1. The molecular formula is C10H17NO2. The summed E-state index contributed by atoms with van der Waals surface area (Å²) in [5.41, 5.74) is 0. The maximum atomic E-state index is 11.4. The van der Waals surface area contributed by atoms with Crippen LogP contribution in [0.3, 0.4) is 0 Å². The van der Waals surface area contributed by atoms with Gasteiger partial charge in [-0.2, -0.15) is 0 Å². The lowest BCUT2D eigenvalue weighted by Crippen LogP contribution is -2.39. The zero-order valence-corrected chi connectivity index (χ0v) is 8.65. The number of carbonyl (C=O) groups excluding carboxylic acids is 1. The van der Waals surface area contributed by atoms with Crippen LogP contribution < -0.4 is 0 Å². The standard InChI is InChI=1S/C10H17NO2/c1-7-5-6-8(10(12)13-4)9(7)11(2)3/h5-9H,1-4H3/t7-,8+,9+/m1/s1. The maximum absolute atomic E-state index is 11.4. The van der Waals surface area contributed by atoms with Gasteiger partial charge in [0, 0.05) is 6.04 Å². The topological polar surface area (TPSA) is 29.5 Å². The Morgan fingerprint density at radius 2 is 2.00 bits per heavy atom. The Kier molecular flexibility index (Phi) is 3.09. The molecule has 1 rings (SSSR count). The molecule has 0 aliphatic heterocycles. The second-order valence-electron chi connectivity index (χ2n) is 3.75. The first-order valence-corrected chi connectivity index (χ1v) is 4.50. The van der Waals surface area contributed by atoms with E-state index in [-0.39, 0.29) is 17.9 Å². The largest absolute Gasteiger partial charge is 0.469 e. The molecule has 0 fully saturated rings. The van der Waals surface area contributed by atoms with Gasteiger partial charge in [0.25, 0.3) is 0 Å². The van der Waals surface area contributed by atoms with E-state index in [9.17, 15) is 4.79 Å². The molecule has 1 aliphatic rings. The minimum Gasteiger partial charge on any atom is -0.469 e. The van der Waals surface area contributed by atoms with E-state index in [0.29, 0.717) is 5.92 Å². The van der Waals surface area contributed by atoms with Gasteiger partial charge in [-0.05, 0) is 20.0 Å². The highest BCUT2D eigenvalue weighted by molar-refractivity contribution is 5.76. The van der Waals surface area contributed by atoms with Gasteiger partial charge in [-0.1, -0.05) is 19.1 Å². The third-order valence-corrected chi connectivity index (χ3v) is 2.60. The highest BCUT2D eigenvalue weighted by Gasteiger charge is 2.35. The van der Waals surface area contributed by atoms with E-state index in [0.717, 1.165) is 0 Å². The predicted octanol–water partition coefficient (Wildman–Crippen LogP) is 0.912. The molecule has 1 aliphatic carbocycles. The van der Waals surface area contributed by atoms with Crippen LogP contribution in [0.1, 0.15) is 6.92 Å². The normalized spacial score (nSPS) is 32.5. The van der Waals surface area contributed by atoms with Crippen molar-refractivity contribution in [2.75, 3.05) is 21.2 Å². The van der Waals surface area contributed by atoms with Crippen molar-refractivity contribution in [2.24, 2.45) is 11.8 Å². The van der Waals surface area contributed by atoms with E-state index in [2.05, 4.69) is 17.9 Å². The van der Waals surface area contributed by atoms with Gasteiger partial charge in [-0.3, -0.25) is 4.79 Å². The fourth-order valence-electron chi connectivity index (χ4n) is 2.00. The first kappa shape index (κ1) is 10.3. The molecule has 0 aromatic carbocycles. The minimum atomic E-state index is -0.140. The summed E-state index contributed by atoms with van der Waals surface area (Å²) in [4.78, 5) is 13.4. The van der Waals surface area contributed by atoms with Crippen LogP contribution in [0, 0.1) is 11.8 Å². The Bertz CT molecular complexity index is 223. The summed E-state index contributed by atoms with van der Waals surface area (Å²) in [6.07, 6.45) is 4.02. The average molecular weight is 183 g/mol. The van der Waals surface area contributed by atoms with E-state index < -0.39 is 0 Å². The zero-order chi connectivity index (χ0) is 10.0. The molecule has 13 heavy (non-hydrogen) atoms. The molecule has 0 bridgehead atoms. The number of hydrogen-bond donors (Lipinski definition) is 0. The second-order valence-corrected chi connectivity index (χ2v) is 3.75. The third-order valence-electron chi connectivity index (χ3n) is 2.60. The van der Waals surface area contributed by atoms with E-state index in [1.807, 2.05) is 20.2 Å². The Balaban J connectivity index is 2.75. The summed E-state index contributed by atoms with van der Waals surface area (Å²) >= 11 is 0. The van der Waals surface area contributed by atoms with Crippen LogP contribution in [0.15, 0.2) is 12.2 Å². The first-order valence-electron chi connectivity index (χ1n) is 4.50. The Morgan fingerprint density at radius 1 is 1.38 bits per heavy atom. The number of hydrogen-bond acceptors (Lipinski definition) is 3. The van der Waals surface area contributed by atoms with Crippen LogP contribution in [-0.2, 0) is 9.53 Å². The number of carbonyl (C=O) groups is 1. The average Bonchev–Trinajstić information content (AvgIpc) is 2.45. The Hall–Kier alpha value is -0.830. The summed E-state index contributed by atoms with van der Waals surface area (Å²) in [7, 11) is 5.42. The molecule has 0 spiro atoms. The quantitative estimate of drug-likeness (QED) is 0.471. The van der Waals surface area contributed by atoms with E-state index >= 15 is 0 Å². The van der Waals surface area contributed by atoms with E-state index in [4.69, 9.17) is 4.74 Å². The van der Waals surface area contributed by atoms with Gasteiger partial charge in [-0.25, -0.2) is 0 Å². The van der Waals surface area contributed by atoms with Crippen molar-refractivity contribution in [2.45, 2.75) is 13.0 Å². The molecule has 3 atom stereocenters. The summed E-state index contributed by atoms with van der Waals surface area (Å²) in [6.45, 7) is 2.12. The highest BCUT2D eigenvalue weighted by atomic mass is 16.5. The lowest BCUT2D eigenvalue weighted by molar-refractivity contribution is -0.145. The fourth-order valence-corrected chi connectivity index (χ4v) is 2.00. The number of rotatable bonds is 2. The fraction of sp³-hybridized carbons (Fsp3) is 0.700. The molecule has 0 unspecified atom stereocenters. The van der Waals surface area contributed by atoms with Gasteiger partial charge in [0.15, 0.2) is 0 Å². The van der Waals surface area contributed by atoms with Crippen LogP contribution in [0.4, 0.5) is 0 Å². The summed E-state index contributed by atoms with van der Waals surface area (Å²) in [5, 5.41) is 0. The van der Waals surface area contributed by atoms with Crippen LogP contribution in [0.2, 0.25) is 0 Å². The molecule has 3 nitrogen and oxygen atoms in total. The molecule has 0 saturated heterocycles. The highest BCUT2D eigenvalue weighted by Crippen LogP contribution is 2.27. The minimum absolute atomic E-state index is 0.102. The monoisotopic (exact) mass is 183 g/mol. The van der Waals surface area contributed by atoms with Crippen molar-refractivity contribution in [3.05, 3.63) is 12.2 Å². The molecule has 0 heterocycles. The molecule has 0 saturated carbocycles. The molecule has 3 heteroatoms. The molecule has 0 aromatic rings. The third kappa shape index (κ3) is 1.91. The van der Waals surface area contributed by atoms with Crippen molar-refractivity contribution in [3.63, 3.8) is 0 Å². The number of methoxy groups -OCH3 is 1. The van der Waals surface area contributed by atoms with Gasteiger partial charge in [-0.15, -0.1) is 0 Å². The number of ether oxygens (including phenoxy) is 1. The number of esters is 1. The molecule has 0 radical (unpaired) electrons. The predicted molar refractivity (Wildman–Crippen MR) is 51.3 cm³/mol. The van der Waals surface area contributed by atoms with Gasteiger partial charge in [0.05, 0.1) is 13.0 Å². The Labute approximate surface area is 79.4 Å². The first-order chi connectivity index (χ1) is 6.07. The smallest absolute Gasteiger partial charge is 0.314 e. The van der Waals surface area contributed by atoms with Crippen LogP contribution in [0.25, 0.3) is 0 Å². The molecule has 0 aromatic heterocycles. The van der Waals surface area contributed by atoms with Crippen molar-refractivity contribution in [3.8, 4) is 0 Å². The maximum Gasteiger partial charge on any atom is 0.314 e. The molecular weight excluding hydrogens is 166 g/mol. The second kappa shape index (κ2) is 3.92. The Morgan fingerprint density at radius 3 is 2.46 bits per heavy atom. The van der Waals surface area contributed by atoms with Crippen molar-refractivity contribution >= 4 is 5.97 Å².